The number of ether oxygens (including phenoxy) is 1. The van der Waals surface area contributed by atoms with Crippen molar-refractivity contribution in [2.45, 2.75) is 6.92 Å². The van der Waals surface area contributed by atoms with Crippen LogP contribution in [-0.4, -0.2) is 31.2 Å². The summed E-state index contributed by atoms with van der Waals surface area (Å²) in [6, 6.07) is 9.33. The van der Waals surface area contributed by atoms with Gasteiger partial charge in [0, 0.05) is 35.6 Å². The van der Waals surface area contributed by atoms with Gasteiger partial charge in [-0.3, -0.25) is 4.79 Å². The van der Waals surface area contributed by atoms with E-state index in [1.54, 1.807) is 25.4 Å². The maximum Gasteiger partial charge on any atom is 0.251 e. The molecule has 1 amide bonds. The first kappa shape index (κ1) is 16.5. The number of hydrogen-bond donors (Lipinski definition) is 2. The fourth-order valence-corrected chi connectivity index (χ4v) is 2.13. The number of amides is 1. The summed E-state index contributed by atoms with van der Waals surface area (Å²) in [6.45, 7) is 2.98. The molecule has 0 radical (unpaired) electrons. The Hall–Kier alpha value is -1.92. The van der Waals surface area contributed by atoms with Crippen molar-refractivity contribution in [3.63, 3.8) is 0 Å². The Morgan fingerprint density at radius 1 is 1.32 bits per heavy atom. The molecule has 2 aromatic rings. The number of rotatable bonds is 6. The molecular weight excluding hydrogens is 346 g/mol. The van der Waals surface area contributed by atoms with E-state index < -0.39 is 0 Å². The van der Waals surface area contributed by atoms with Gasteiger partial charge in [-0.1, -0.05) is 15.9 Å². The van der Waals surface area contributed by atoms with Gasteiger partial charge in [0.25, 0.3) is 5.91 Å². The van der Waals surface area contributed by atoms with Crippen LogP contribution in [0.2, 0.25) is 0 Å². The second-order valence-corrected chi connectivity index (χ2v) is 5.62. The summed E-state index contributed by atoms with van der Waals surface area (Å²) in [7, 11) is 1.60. The van der Waals surface area contributed by atoms with Gasteiger partial charge in [-0.25, -0.2) is 4.98 Å². The van der Waals surface area contributed by atoms with Gasteiger partial charge in [-0.2, -0.15) is 0 Å². The summed E-state index contributed by atoms with van der Waals surface area (Å²) < 4.78 is 5.96. The summed E-state index contributed by atoms with van der Waals surface area (Å²) in [5.74, 6) is 0.482. The SMILES string of the molecule is COCCNC(=O)c1ccnc(Nc2ccc(Br)c(C)c2)c1. The summed E-state index contributed by atoms with van der Waals surface area (Å²) in [6.07, 6.45) is 1.61. The third-order valence-corrected chi connectivity index (χ3v) is 3.93. The van der Waals surface area contributed by atoms with E-state index in [1.807, 2.05) is 25.1 Å². The highest BCUT2D eigenvalue weighted by Gasteiger charge is 2.07. The Morgan fingerprint density at radius 3 is 2.86 bits per heavy atom. The minimum Gasteiger partial charge on any atom is -0.383 e. The summed E-state index contributed by atoms with van der Waals surface area (Å²) in [5, 5.41) is 5.98. The monoisotopic (exact) mass is 363 g/mol. The molecule has 22 heavy (non-hydrogen) atoms. The molecule has 2 N–H and O–H groups in total. The lowest BCUT2D eigenvalue weighted by Crippen LogP contribution is -2.26. The van der Waals surface area contributed by atoms with Crippen LogP contribution >= 0.6 is 15.9 Å². The highest BCUT2D eigenvalue weighted by atomic mass is 79.9. The van der Waals surface area contributed by atoms with Crippen LogP contribution in [0.15, 0.2) is 41.0 Å². The molecule has 0 atom stereocenters. The number of carbonyl (C=O) groups excluding carboxylic acids is 1. The molecule has 0 aliphatic rings. The normalized spacial score (nSPS) is 10.3. The van der Waals surface area contributed by atoms with E-state index in [1.165, 1.54) is 0 Å². The molecule has 0 bridgehead atoms. The van der Waals surface area contributed by atoms with Gasteiger partial charge >= 0.3 is 0 Å². The zero-order chi connectivity index (χ0) is 15.9. The highest BCUT2D eigenvalue weighted by Crippen LogP contribution is 2.22. The standard InChI is InChI=1S/C16H18BrN3O2/c1-11-9-13(3-4-14(11)17)20-15-10-12(5-6-18-15)16(21)19-7-8-22-2/h3-6,9-10H,7-8H2,1-2H3,(H,18,20)(H,19,21). The second kappa shape index (κ2) is 7.91. The van der Waals surface area contributed by atoms with Gasteiger partial charge in [-0.05, 0) is 42.8 Å². The zero-order valence-corrected chi connectivity index (χ0v) is 14.1. The van der Waals surface area contributed by atoms with Gasteiger partial charge in [0.15, 0.2) is 0 Å². The van der Waals surface area contributed by atoms with E-state index in [2.05, 4.69) is 31.5 Å². The smallest absolute Gasteiger partial charge is 0.251 e. The van der Waals surface area contributed by atoms with Crippen molar-refractivity contribution < 1.29 is 9.53 Å². The molecule has 1 aromatic heterocycles. The van der Waals surface area contributed by atoms with E-state index in [-0.39, 0.29) is 5.91 Å². The molecule has 0 aliphatic carbocycles. The largest absolute Gasteiger partial charge is 0.383 e. The van der Waals surface area contributed by atoms with Crippen molar-refractivity contribution in [2.75, 3.05) is 25.6 Å². The van der Waals surface area contributed by atoms with Crippen LogP contribution in [0.5, 0.6) is 0 Å². The topological polar surface area (TPSA) is 63.2 Å². The number of anilines is 2. The number of nitrogens with zero attached hydrogens (tertiary/aromatic N) is 1. The Bertz CT molecular complexity index is 662. The fourth-order valence-electron chi connectivity index (χ4n) is 1.88. The molecule has 116 valence electrons. The van der Waals surface area contributed by atoms with E-state index in [0.717, 1.165) is 15.7 Å². The predicted molar refractivity (Wildman–Crippen MR) is 90.6 cm³/mol. The van der Waals surface area contributed by atoms with Crippen molar-refractivity contribution in [3.8, 4) is 0 Å². The fraction of sp³-hybridized carbons (Fsp3) is 0.250. The molecule has 0 saturated heterocycles. The first-order valence-electron chi connectivity index (χ1n) is 6.86. The van der Waals surface area contributed by atoms with Gasteiger partial charge < -0.3 is 15.4 Å². The minimum absolute atomic E-state index is 0.144. The molecule has 1 aromatic carbocycles. The number of methoxy groups -OCH3 is 1. The average Bonchev–Trinajstić information content (AvgIpc) is 2.51. The van der Waals surface area contributed by atoms with Crippen LogP contribution in [0.1, 0.15) is 15.9 Å². The summed E-state index contributed by atoms with van der Waals surface area (Å²) in [4.78, 5) is 16.2. The lowest BCUT2D eigenvalue weighted by atomic mass is 10.2. The number of hydrogen-bond acceptors (Lipinski definition) is 4. The van der Waals surface area contributed by atoms with Crippen molar-refractivity contribution in [1.29, 1.82) is 0 Å². The van der Waals surface area contributed by atoms with E-state index in [0.29, 0.717) is 24.5 Å². The number of carbonyl (C=O) groups is 1. The van der Waals surface area contributed by atoms with Crippen molar-refractivity contribution in [2.24, 2.45) is 0 Å². The highest BCUT2D eigenvalue weighted by molar-refractivity contribution is 9.10. The van der Waals surface area contributed by atoms with Crippen LogP contribution in [0, 0.1) is 6.92 Å². The number of nitrogens with one attached hydrogen (secondary N) is 2. The van der Waals surface area contributed by atoms with E-state index in [9.17, 15) is 4.79 Å². The summed E-state index contributed by atoms with van der Waals surface area (Å²) >= 11 is 3.47. The predicted octanol–water partition coefficient (Wildman–Crippen LogP) is 3.27. The molecule has 0 saturated carbocycles. The van der Waals surface area contributed by atoms with Crippen LogP contribution in [-0.2, 0) is 4.74 Å². The Labute approximate surface area is 138 Å². The van der Waals surface area contributed by atoms with Crippen LogP contribution in [0.3, 0.4) is 0 Å². The average molecular weight is 364 g/mol. The number of benzene rings is 1. The van der Waals surface area contributed by atoms with Gasteiger partial charge in [0.1, 0.15) is 5.82 Å². The van der Waals surface area contributed by atoms with E-state index in [4.69, 9.17) is 4.74 Å². The van der Waals surface area contributed by atoms with Crippen LogP contribution < -0.4 is 10.6 Å². The van der Waals surface area contributed by atoms with Crippen LogP contribution in [0.25, 0.3) is 0 Å². The molecule has 0 fully saturated rings. The van der Waals surface area contributed by atoms with Gasteiger partial charge in [0.05, 0.1) is 6.61 Å². The summed E-state index contributed by atoms with van der Waals surface area (Å²) in [5.41, 5.74) is 2.60. The van der Waals surface area contributed by atoms with Crippen molar-refractivity contribution in [3.05, 3.63) is 52.1 Å². The molecule has 5 nitrogen and oxygen atoms in total. The number of halogens is 1. The molecular formula is C16H18BrN3O2. The number of pyridine rings is 1. The third kappa shape index (κ3) is 4.54. The van der Waals surface area contributed by atoms with Crippen molar-refractivity contribution in [1.82, 2.24) is 10.3 Å². The number of aromatic nitrogens is 1. The van der Waals surface area contributed by atoms with E-state index >= 15 is 0 Å². The van der Waals surface area contributed by atoms with Crippen molar-refractivity contribution >= 4 is 33.3 Å². The lowest BCUT2D eigenvalue weighted by Gasteiger charge is -2.09. The Morgan fingerprint density at radius 2 is 2.14 bits per heavy atom. The quantitative estimate of drug-likeness (QED) is 0.773. The minimum atomic E-state index is -0.144. The number of aryl methyl sites for hydroxylation is 1. The molecule has 0 unspecified atom stereocenters. The Kier molecular flexibility index (Phi) is 5.91. The Balaban J connectivity index is 2.07. The second-order valence-electron chi connectivity index (χ2n) is 4.77. The zero-order valence-electron chi connectivity index (χ0n) is 12.5. The van der Waals surface area contributed by atoms with Gasteiger partial charge in [-0.15, -0.1) is 0 Å². The molecule has 0 aliphatic heterocycles. The maximum atomic E-state index is 12.0. The third-order valence-electron chi connectivity index (χ3n) is 3.04. The van der Waals surface area contributed by atoms with Gasteiger partial charge in [0.2, 0.25) is 0 Å². The van der Waals surface area contributed by atoms with Crippen LogP contribution in [0.4, 0.5) is 11.5 Å². The first-order valence-corrected chi connectivity index (χ1v) is 7.66. The lowest BCUT2D eigenvalue weighted by molar-refractivity contribution is 0.0937. The maximum absolute atomic E-state index is 12.0. The first-order chi connectivity index (χ1) is 10.6. The molecule has 0 spiro atoms. The molecule has 6 heteroatoms. The molecule has 1 heterocycles. The molecule has 2 rings (SSSR count).